The minimum Gasteiger partial charge on any atom is -0.343 e. The van der Waals surface area contributed by atoms with Gasteiger partial charge in [-0.3, -0.25) is 72.0 Å². The lowest BCUT2D eigenvalue weighted by Gasteiger charge is -2.43. The number of rotatable bonds is 15. The maximum absolute atomic E-state index is 16.0. The molecule has 14 amide bonds. The quantitative estimate of drug-likeness (QED) is 0.118. The van der Waals surface area contributed by atoms with Gasteiger partial charge in [0.25, 0.3) is 0 Å². The number of carbonyl (C=O) groups is 14. The summed E-state index contributed by atoms with van der Waals surface area (Å²) in [4.78, 5) is 221. The third-order valence-corrected chi connectivity index (χ3v) is 25.2. The van der Waals surface area contributed by atoms with Gasteiger partial charge in [-0.25, -0.2) is 0 Å². The Morgan fingerprint density at radius 2 is 1.15 bits per heavy atom. The molecule has 0 aromatic heterocycles. The van der Waals surface area contributed by atoms with Crippen LogP contribution in [0.5, 0.6) is 0 Å². The van der Waals surface area contributed by atoms with E-state index in [4.69, 9.17) is 11.6 Å². The van der Waals surface area contributed by atoms with Crippen LogP contribution in [-0.2, 0) is 79.7 Å². The highest BCUT2D eigenvalue weighted by atomic mass is 35.5. The smallest absolute Gasteiger partial charge is 0.343 e. The lowest BCUT2D eigenvalue weighted by atomic mass is 9.81. The van der Waals surface area contributed by atoms with Gasteiger partial charge in [-0.1, -0.05) is 141 Å². The number of carbonyl (C=O) groups excluding carboxylic acids is 14. The number of likely N-dealkylation sites (N-methyl/N-ethyl adjacent to an activating group) is 7. The van der Waals surface area contributed by atoms with E-state index >= 15 is 33.6 Å². The van der Waals surface area contributed by atoms with E-state index < -0.39 is 192 Å². The molecule has 1 spiro atoms. The van der Waals surface area contributed by atoms with Gasteiger partial charge in [-0.05, 0) is 125 Å². The molecule has 0 bridgehead atoms. The molecular weight excluding hydrogens is 1480 g/mol. The molecule has 628 valence electrons. The number of benzene rings is 1. The Morgan fingerprint density at radius 3 is 1.74 bits per heavy atom. The number of alkyl halides is 3. The molecule has 9 atom stereocenters. The lowest BCUT2D eigenvalue weighted by Crippen LogP contribution is -2.64. The normalized spacial score (nSPS) is 26.8. The summed E-state index contributed by atoms with van der Waals surface area (Å²) in [6.45, 7) is 4.79. The van der Waals surface area contributed by atoms with Crippen molar-refractivity contribution < 1.29 is 80.3 Å². The fraction of sp³-hybridized carbons (Fsp3) is 0.732. The molecule has 113 heavy (non-hydrogen) atoms. The van der Waals surface area contributed by atoms with Crippen molar-refractivity contribution in [1.29, 1.82) is 0 Å². The fourth-order valence-electron chi connectivity index (χ4n) is 17.8. The summed E-state index contributed by atoms with van der Waals surface area (Å²) in [5, 5.41) is 8.03. The lowest BCUT2D eigenvalue weighted by molar-refractivity contribution is -0.157. The van der Waals surface area contributed by atoms with Crippen molar-refractivity contribution in [2.75, 3.05) is 102 Å². The van der Waals surface area contributed by atoms with E-state index in [9.17, 15) is 46.7 Å². The Balaban J connectivity index is 1.21. The van der Waals surface area contributed by atoms with E-state index in [1.54, 1.807) is 11.8 Å². The predicted octanol–water partition coefficient (Wildman–Crippen LogP) is 6.99. The van der Waals surface area contributed by atoms with Gasteiger partial charge in [-0.15, -0.1) is 0 Å². The minimum absolute atomic E-state index is 0.0291. The topological polar surface area (TPSA) is 307 Å². The Morgan fingerprint density at radius 1 is 0.584 bits per heavy atom. The van der Waals surface area contributed by atoms with E-state index in [2.05, 4.69) is 16.0 Å². The number of imide groups is 1. The first-order valence-electron chi connectivity index (χ1n) is 41.1. The second kappa shape index (κ2) is 40.9. The van der Waals surface area contributed by atoms with Gasteiger partial charge in [0.2, 0.25) is 82.7 Å². The average molecular weight is 1610 g/mol. The summed E-state index contributed by atoms with van der Waals surface area (Å²) in [5.74, 6) is -11.2. The first kappa shape index (κ1) is 90.4. The SMILES string of the molecule is CC[C@H](C)[C@@H]1NC(=O)[C@H](CC(C)C)N(C)C(=O)C[C@@H](C(=O)N2CCCCC2)N(C)C(=O)[C@H](C2CCCCC2)N(C)C(=O)C2(CCCC2)NC(=O)CN(C/C=C/CN2C(=O)C3CCCCC3C2=O)C(=O)[C@@H](CCc2ccc(C(F)(F)F)c(Cl)c2)NC(=O)CN(C)C(=O)[C@H](CC2CCCCC2)N(C)C(=O)CN(C)C(=O)CN(C)C1=O. The van der Waals surface area contributed by atoms with Gasteiger partial charge in [-0.2, -0.15) is 13.2 Å². The van der Waals surface area contributed by atoms with Crippen molar-refractivity contribution >= 4 is 94.3 Å². The Hall–Kier alpha value is -8.18. The fourth-order valence-corrected chi connectivity index (χ4v) is 18.1. The third kappa shape index (κ3) is 23.1. The van der Waals surface area contributed by atoms with Crippen LogP contribution >= 0.6 is 11.6 Å². The van der Waals surface area contributed by atoms with Gasteiger partial charge in [0.15, 0.2) is 0 Å². The molecule has 1 aromatic rings. The molecule has 27 nitrogen and oxygen atoms in total. The monoisotopic (exact) mass is 1610 g/mol. The van der Waals surface area contributed by atoms with Crippen LogP contribution < -0.4 is 16.0 Å². The van der Waals surface area contributed by atoms with Gasteiger partial charge < -0.3 is 60.0 Å². The van der Waals surface area contributed by atoms with Crippen molar-refractivity contribution in [1.82, 2.24) is 64.9 Å². The van der Waals surface area contributed by atoms with Crippen molar-refractivity contribution in [2.24, 2.45) is 35.5 Å². The van der Waals surface area contributed by atoms with Gasteiger partial charge in [0, 0.05) is 75.5 Å². The molecule has 1 aromatic carbocycles. The summed E-state index contributed by atoms with van der Waals surface area (Å²) in [7, 11) is 9.86. The van der Waals surface area contributed by atoms with E-state index in [1.807, 2.05) is 20.8 Å². The molecule has 2 unspecified atom stereocenters. The molecule has 4 saturated carbocycles. The van der Waals surface area contributed by atoms with Crippen molar-refractivity contribution in [3.8, 4) is 0 Å². The largest absolute Gasteiger partial charge is 0.417 e. The highest BCUT2D eigenvalue weighted by Gasteiger charge is 2.51. The molecule has 3 aliphatic heterocycles. The molecule has 3 N–H and O–H groups in total. The summed E-state index contributed by atoms with van der Waals surface area (Å²) >= 11 is 6.23. The van der Waals surface area contributed by atoms with Gasteiger partial charge >= 0.3 is 6.18 Å². The molecule has 7 aliphatic rings. The molecule has 7 fully saturated rings. The number of aryl methyl sites for hydroxylation is 1. The summed E-state index contributed by atoms with van der Waals surface area (Å²) in [6.07, 6.45) is 11.1. The molecular formula is C82H123ClF3N13O14. The van der Waals surface area contributed by atoms with Gasteiger partial charge in [0.05, 0.1) is 55.0 Å². The Kier molecular flexibility index (Phi) is 32.7. The maximum Gasteiger partial charge on any atom is 0.417 e. The van der Waals surface area contributed by atoms with Crippen LogP contribution in [-0.4, -0.2) is 275 Å². The number of halogens is 4. The number of piperidine rings is 1. The van der Waals surface area contributed by atoms with Crippen molar-refractivity contribution in [3.05, 3.63) is 46.5 Å². The summed E-state index contributed by atoms with van der Waals surface area (Å²) in [5.41, 5.74) is -2.58. The van der Waals surface area contributed by atoms with Gasteiger partial charge in [0.1, 0.15) is 41.8 Å². The van der Waals surface area contributed by atoms with E-state index in [-0.39, 0.29) is 74.3 Å². The Bertz CT molecular complexity index is 3610. The van der Waals surface area contributed by atoms with Crippen LogP contribution in [0.25, 0.3) is 0 Å². The maximum atomic E-state index is 16.0. The second-order valence-electron chi connectivity index (χ2n) is 33.5. The predicted molar refractivity (Wildman–Crippen MR) is 417 cm³/mol. The standard InChI is InChI=1S/C82H123ClF3N13O14/c1-12-53(4)70-78(111)92(7)50-68(103)90(5)51-69(104)94(9)63(46-54-28-16-13-17-29-54)76(109)91(6)48-65(100)87-61(37-35-55-34-36-59(60(83)45-55)82(84,85)86)75(108)98(42-26-27-43-99-73(106)57-32-20-21-33-58(57)74(99)107)49-66(101)89-81(38-22-23-39-81)80(113)96(11)71(56-30-18-14-19-31-56)79(112)95(10)64(77(110)97-40-24-15-25-41-97)47-67(102)93(8)62(44-52(2)3)72(105)88-70/h26-27,34,36,45,52-54,56-58,61-64,70-71H,12-25,28-33,35,37-44,46-51H2,1-11H3,(H,87,100)(H,88,105)(H,89,101)/b27-26+/t53-,57?,58?,61+,62-,63-,64-,70-,71-/m0/s1. The number of likely N-dealkylation sites (tertiary alicyclic amines) is 2. The summed E-state index contributed by atoms with van der Waals surface area (Å²) in [6, 6.07) is -4.88. The minimum atomic E-state index is -4.82. The molecule has 0 radical (unpaired) electrons. The van der Waals surface area contributed by atoms with E-state index in [0.29, 0.717) is 83.7 Å². The van der Waals surface area contributed by atoms with Crippen LogP contribution in [0.1, 0.15) is 206 Å². The number of nitrogens with zero attached hydrogens (tertiary/aromatic N) is 10. The zero-order valence-corrected chi connectivity index (χ0v) is 69.0. The third-order valence-electron chi connectivity index (χ3n) is 24.9. The van der Waals surface area contributed by atoms with Crippen LogP contribution in [0, 0.1) is 35.5 Å². The number of hydrogen-bond donors (Lipinski definition) is 3. The zero-order valence-electron chi connectivity index (χ0n) is 68.3. The highest BCUT2D eigenvalue weighted by molar-refractivity contribution is 6.31. The highest BCUT2D eigenvalue weighted by Crippen LogP contribution is 2.40. The van der Waals surface area contributed by atoms with Crippen LogP contribution in [0.15, 0.2) is 30.4 Å². The first-order valence-corrected chi connectivity index (χ1v) is 41.5. The van der Waals surface area contributed by atoms with E-state index in [1.165, 1.54) is 87.2 Å². The summed E-state index contributed by atoms with van der Waals surface area (Å²) < 4.78 is 42.3. The molecule has 4 aliphatic carbocycles. The van der Waals surface area contributed by atoms with Crippen LogP contribution in [0.3, 0.4) is 0 Å². The van der Waals surface area contributed by atoms with E-state index in [0.717, 1.165) is 94.4 Å². The number of amides is 14. The number of fused-ring (bicyclic) bond motifs is 1. The Labute approximate surface area is 669 Å². The van der Waals surface area contributed by atoms with Crippen molar-refractivity contribution in [2.45, 2.75) is 249 Å². The first-order chi connectivity index (χ1) is 53.5. The van der Waals surface area contributed by atoms with Crippen molar-refractivity contribution in [3.63, 3.8) is 0 Å². The van der Waals surface area contributed by atoms with Crippen LogP contribution in [0.4, 0.5) is 13.2 Å². The second-order valence-corrected chi connectivity index (χ2v) is 33.9. The molecule has 8 rings (SSSR count). The number of nitrogens with one attached hydrogen (secondary N) is 3. The van der Waals surface area contributed by atoms with Crippen LogP contribution in [0.2, 0.25) is 5.02 Å². The average Bonchev–Trinajstić information content (AvgIpc) is 1.66. The zero-order chi connectivity index (χ0) is 82.9. The number of hydrogen-bond acceptors (Lipinski definition) is 14. The molecule has 3 heterocycles. The molecule has 31 heteroatoms. The molecule has 3 saturated heterocycles.